The fourth-order valence-electron chi connectivity index (χ4n) is 3.36. The van der Waals surface area contributed by atoms with Crippen LogP contribution in [0.4, 0.5) is 0 Å². The van der Waals surface area contributed by atoms with Crippen LogP contribution in [0.1, 0.15) is 55.8 Å². The maximum Gasteiger partial charge on any atom is 0.0473 e. The summed E-state index contributed by atoms with van der Waals surface area (Å²) in [4.78, 5) is 2.61. The van der Waals surface area contributed by atoms with Crippen molar-refractivity contribution >= 4 is 0 Å². The first-order valence-corrected chi connectivity index (χ1v) is 7.95. The fourth-order valence-corrected chi connectivity index (χ4v) is 3.36. The molecular weight excluding hydrogens is 244 g/mol. The minimum Gasteiger partial charge on any atom is -0.329 e. The van der Waals surface area contributed by atoms with Gasteiger partial charge in [0.25, 0.3) is 0 Å². The first-order valence-electron chi connectivity index (χ1n) is 7.95. The third kappa shape index (κ3) is 3.42. The van der Waals surface area contributed by atoms with Crippen molar-refractivity contribution in [2.24, 2.45) is 11.1 Å². The van der Waals surface area contributed by atoms with Gasteiger partial charge in [-0.15, -0.1) is 0 Å². The lowest BCUT2D eigenvalue weighted by atomic mass is 9.85. The molecule has 0 bridgehead atoms. The minimum absolute atomic E-state index is 0.379. The van der Waals surface area contributed by atoms with Crippen molar-refractivity contribution in [2.45, 2.75) is 53.0 Å². The Morgan fingerprint density at radius 1 is 1.20 bits per heavy atom. The minimum atomic E-state index is 0.379. The zero-order valence-electron chi connectivity index (χ0n) is 13.6. The van der Waals surface area contributed by atoms with Gasteiger partial charge >= 0.3 is 0 Å². The van der Waals surface area contributed by atoms with Gasteiger partial charge in [-0.25, -0.2) is 0 Å². The summed E-state index contributed by atoms with van der Waals surface area (Å²) < 4.78 is 0. The number of rotatable bonds is 3. The lowest BCUT2D eigenvalue weighted by Crippen LogP contribution is -2.35. The van der Waals surface area contributed by atoms with Gasteiger partial charge in [-0.05, 0) is 68.3 Å². The summed E-state index contributed by atoms with van der Waals surface area (Å²) in [6, 6.07) is 7.00. The summed E-state index contributed by atoms with van der Waals surface area (Å²) in [7, 11) is 0. The molecule has 2 rings (SSSR count). The summed E-state index contributed by atoms with van der Waals surface area (Å²) in [6.45, 7) is 12.3. The molecule has 1 atom stereocenters. The summed E-state index contributed by atoms with van der Waals surface area (Å²) in [5.74, 6) is 0. The van der Waals surface area contributed by atoms with Crippen LogP contribution in [0.2, 0.25) is 0 Å². The molecule has 1 aliphatic rings. The summed E-state index contributed by atoms with van der Waals surface area (Å²) >= 11 is 0. The predicted octanol–water partition coefficient (Wildman–Crippen LogP) is 3.82. The Morgan fingerprint density at radius 2 is 1.95 bits per heavy atom. The van der Waals surface area contributed by atoms with E-state index in [1.54, 1.807) is 0 Å². The van der Waals surface area contributed by atoms with Crippen LogP contribution in [0.3, 0.4) is 0 Å². The molecule has 0 spiro atoms. The second-order valence-corrected chi connectivity index (χ2v) is 7.09. The van der Waals surface area contributed by atoms with E-state index in [1.807, 2.05) is 0 Å². The Labute approximate surface area is 124 Å². The molecule has 0 aromatic heterocycles. The van der Waals surface area contributed by atoms with Gasteiger partial charge in [0.15, 0.2) is 0 Å². The Morgan fingerprint density at radius 3 is 2.65 bits per heavy atom. The summed E-state index contributed by atoms with van der Waals surface area (Å²) in [5.41, 5.74) is 10.8. The second kappa shape index (κ2) is 6.28. The quantitative estimate of drug-likeness (QED) is 0.908. The number of hydrogen-bond donors (Lipinski definition) is 1. The first kappa shape index (κ1) is 15.5. The molecule has 2 N–H and O–H groups in total. The number of benzene rings is 1. The molecule has 1 heterocycles. The molecule has 2 nitrogen and oxygen atoms in total. The van der Waals surface area contributed by atoms with Gasteiger partial charge in [-0.2, -0.15) is 0 Å². The lowest BCUT2D eigenvalue weighted by molar-refractivity contribution is 0.199. The Balaban J connectivity index is 2.21. The van der Waals surface area contributed by atoms with E-state index in [9.17, 15) is 0 Å². The average molecular weight is 274 g/mol. The zero-order chi connectivity index (χ0) is 14.8. The van der Waals surface area contributed by atoms with Crippen LogP contribution in [-0.4, -0.2) is 24.5 Å². The number of aryl methyl sites for hydroxylation is 1. The molecule has 112 valence electrons. The topological polar surface area (TPSA) is 29.3 Å². The van der Waals surface area contributed by atoms with Crippen molar-refractivity contribution in [1.82, 2.24) is 4.90 Å². The first-order chi connectivity index (χ1) is 9.44. The predicted molar refractivity (Wildman–Crippen MR) is 86.9 cm³/mol. The Hall–Kier alpha value is -0.860. The molecule has 1 aromatic rings. The highest BCUT2D eigenvalue weighted by molar-refractivity contribution is 5.35. The van der Waals surface area contributed by atoms with Crippen molar-refractivity contribution in [3.8, 4) is 0 Å². The lowest BCUT2D eigenvalue weighted by Gasteiger charge is -2.32. The molecule has 0 aliphatic carbocycles. The van der Waals surface area contributed by atoms with E-state index in [1.165, 1.54) is 49.0 Å². The van der Waals surface area contributed by atoms with E-state index in [-0.39, 0.29) is 0 Å². The van der Waals surface area contributed by atoms with E-state index in [0.717, 1.165) is 0 Å². The van der Waals surface area contributed by atoms with Crippen molar-refractivity contribution in [2.75, 3.05) is 19.6 Å². The van der Waals surface area contributed by atoms with E-state index in [0.29, 0.717) is 18.0 Å². The molecule has 1 aromatic carbocycles. The van der Waals surface area contributed by atoms with Crippen molar-refractivity contribution in [3.63, 3.8) is 0 Å². The van der Waals surface area contributed by atoms with Gasteiger partial charge in [0, 0.05) is 12.6 Å². The van der Waals surface area contributed by atoms with E-state index < -0.39 is 0 Å². The number of likely N-dealkylation sites (tertiary alicyclic amines) is 1. The maximum atomic E-state index is 6.13. The summed E-state index contributed by atoms with van der Waals surface area (Å²) in [6.07, 6.45) is 3.89. The number of hydrogen-bond acceptors (Lipinski definition) is 2. The van der Waals surface area contributed by atoms with Gasteiger partial charge in [-0.1, -0.05) is 32.0 Å². The highest BCUT2D eigenvalue weighted by atomic mass is 15.2. The molecular formula is C18H30N2. The van der Waals surface area contributed by atoms with Gasteiger partial charge in [0.1, 0.15) is 0 Å². The van der Waals surface area contributed by atoms with Crippen LogP contribution in [0, 0.1) is 19.3 Å². The molecule has 1 unspecified atom stereocenters. The largest absolute Gasteiger partial charge is 0.329 e. The smallest absolute Gasteiger partial charge is 0.0473 e. The van der Waals surface area contributed by atoms with E-state index in [2.05, 4.69) is 50.8 Å². The standard InChI is InChI=1S/C18H30N2/c1-14-7-5-8-16(15(14)2)17(13-19)20-11-6-9-18(3,4)10-12-20/h5,7-8,17H,6,9-13,19H2,1-4H3. The van der Waals surface area contributed by atoms with Crippen LogP contribution in [-0.2, 0) is 0 Å². The SMILES string of the molecule is Cc1cccc(C(CN)N2CCCC(C)(C)CC2)c1C. The van der Waals surface area contributed by atoms with Crippen LogP contribution in [0.5, 0.6) is 0 Å². The highest BCUT2D eigenvalue weighted by Crippen LogP contribution is 2.33. The fraction of sp³-hybridized carbons (Fsp3) is 0.667. The Kier molecular flexibility index (Phi) is 4.87. The van der Waals surface area contributed by atoms with Gasteiger partial charge in [0.05, 0.1) is 0 Å². The molecule has 0 amide bonds. The van der Waals surface area contributed by atoms with E-state index >= 15 is 0 Å². The average Bonchev–Trinajstić information content (AvgIpc) is 2.57. The molecule has 1 aliphatic heterocycles. The van der Waals surface area contributed by atoms with E-state index in [4.69, 9.17) is 5.73 Å². The zero-order valence-corrected chi connectivity index (χ0v) is 13.6. The molecule has 1 saturated heterocycles. The third-order valence-electron chi connectivity index (χ3n) is 5.04. The number of nitrogens with zero attached hydrogens (tertiary/aromatic N) is 1. The van der Waals surface area contributed by atoms with Crippen molar-refractivity contribution < 1.29 is 0 Å². The monoisotopic (exact) mass is 274 g/mol. The summed E-state index contributed by atoms with van der Waals surface area (Å²) in [5, 5.41) is 0. The number of nitrogens with two attached hydrogens (primary N) is 1. The maximum absolute atomic E-state index is 6.13. The van der Waals surface area contributed by atoms with Crippen LogP contribution in [0.25, 0.3) is 0 Å². The van der Waals surface area contributed by atoms with Gasteiger partial charge in [0.2, 0.25) is 0 Å². The molecule has 0 radical (unpaired) electrons. The Bertz CT molecular complexity index is 451. The molecule has 1 fully saturated rings. The molecule has 2 heteroatoms. The van der Waals surface area contributed by atoms with Crippen LogP contribution in [0.15, 0.2) is 18.2 Å². The molecule has 0 saturated carbocycles. The van der Waals surface area contributed by atoms with Crippen LogP contribution < -0.4 is 5.73 Å². The van der Waals surface area contributed by atoms with Gasteiger partial charge in [-0.3, -0.25) is 4.90 Å². The molecule has 20 heavy (non-hydrogen) atoms. The van der Waals surface area contributed by atoms with Crippen LogP contribution >= 0.6 is 0 Å². The van der Waals surface area contributed by atoms with Crippen molar-refractivity contribution in [1.29, 1.82) is 0 Å². The normalized spacial score (nSPS) is 21.4. The highest BCUT2D eigenvalue weighted by Gasteiger charge is 2.27. The van der Waals surface area contributed by atoms with Gasteiger partial charge < -0.3 is 5.73 Å². The third-order valence-corrected chi connectivity index (χ3v) is 5.04. The second-order valence-electron chi connectivity index (χ2n) is 7.09. The van der Waals surface area contributed by atoms with Crippen molar-refractivity contribution in [3.05, 3.63) is 34.9 Å².